The maximum Gasteiger partial charge on any atom is 0.225 e. The van der Waals surface area contributed by atoms with E-state index in [1.165, 1.54) is 11.8 Å². The van der Waals surface area contributed by atoms with Crippen LogP contribution in [0.15, 0.2) is 34.9 Å². The Morgan fingerprint density at radius 3 is 2.84 bits per heavy atom. The molecule has 1 heterocycles. The second kappa shape index (κ2) is 5.94. The minimum absolute atomic E-state index is 0.0109. The van der Waals surface area contributed by atoms with Gasteiger partial charge >= 0.3 is 0 Å². The molecule has 19 heavy (non-hydrogen) atoms. The summed E-state index contributed by atoms with van der Waals surface area (Å²) in [7, 11) is 0. The number of carbonyl (C=O) groups excluding carboxylic acids is 1. The van der Waals surface area contributed by atoms with E-state index in [-0.39, 0.29) is 11.8 Å². The molecule has 4 heteroatoms. The summed E-state index contributed by atoms with van der Waals surface area (Å²) in [4.78, 5) is 11.8. The molecule has 0 aromatic heterocycles. The van der Waals surface area contributed by atoms with Gasteiger partial charge in [0.15, 0.2) is 0 Å². The number of allylic oxidation sites excluding steroid dienone is 1. The highest BCUT2D eigenvalue weighted by atomic mass is 32.2. The van der Waals surface area contributed by atoms with E-state index in [2.05, 4.69) is 11.4 Å². The molecule has 0 bridgehead atoms. The number of rotatable bonds is 3. The van der Waals surface area contributed by atoms with E-state index in [0.29, 0.717) is 12.0 Å². The number of hydrogen-bond donors (Lipinski definition) is 1. The van der Waals surface area contributed by atoms with Gasteiger partial charge in [0.25, 0.3) is 0 Å². The van der Waals surface area contributed by atoms with E-state index in [1.54, 1.807) is 0 Å². The SMILES string of the molecule is CCSC1=C(C#N)[C@@H](c2ccccc2C)CC(=O)N1. The van der Waals surface area contributed by atoms with Crippen molar-refractivity contribution in [3.63, 3.8) is 0 Å². The maximum absolute atomic E-state index is 11.8. The molecule has 0 saturated carbocycles. The van der Waals surface area contributed by atoms with Crippen LogP contribution in [-0.2, 0) is 4.79 Å². The second-order valence-corrected chi connectivity index (χ2v) is 5.72. The molecule has 0 saturated heterocycles. The van der Waals surface area contributed by atoms with Gasteiger partial charge in [-0.25, -0.2) is 0 Å². The molecule has 98 valence electrons. The summed E-state index contributed by atoms with van der Waals surface area (Å²) in [5.41, 5.74) is 2.87. The van der Waals surface area contributed by atoms with Gasteiger partial charge in [-0.2, -0.15) is 5.26 Å². The van der Waals surface area contributed by atoms with Crippen molar-refractivity contribution < 1.29 is 4.79 Å². The Hall–Kier alpha value is -1.73. The summed E-state index contributed by atoms with van der Waals surface area (Å²) in [6, 6.07) is 10.2. The lowest BCUT2D eigenvalue weighted by atomic mass is 9.85. The zero-order chi connectivity index (χ0) is 13.8. The molecule has 1 atom stereocenters. The first-order valence-corrected chi connectivity index (χ1v) is 7.28. The largest absolute Gasteiger partial charge is 0.320 e. The van der Waals surface area contributed by atoms with Gasteiger partial charge in [0.2, 0.25) is 5.91 Å². The smallest absolute Gasteiger partial charge is 0.225 e. The summed E-state index contributed by atoms with van der Waals surface area (Å²) in [5, 5.41) is 13.0. The number of benzene rings is 1. The zero-order valence-corrected chi connectivity index (χ0v) is 11.9. The van der Waals surface area contributed by atoms with Gasteiger partial charge in [-0.1, -0.05) is 31.2 Å². The highest BCUT2D eigenvalue weighted by Gasteiger charge is 2.29. The number of nitrogens with zero attached hydrogens (tertiary/aromatic N) is 1. The number of nitrogens with one attached hydrogen (secondary N) is 1. The third-order valence-electron chi connectivity index (χ3n) is 3.21. The Labute approximate surface area is 117 Å². The third kappa shape index (κ3) is 2.82. The normalized spacial score (nSPS) is 19.0. The topological polar surface area (TPSA) is 52.9 Å². The van der Waals surface area contributed by atoms with Crippen molar-refractivity contribution in [2.24, 2.45) is 0 Å². The molecule has 1 aliphatic rings. The first-order chi connectivity index (χ1) is 9.17. The lowest BCUT2D eigenvalue weighted by Crippen LogP contribution is -2.31. The average molecular weight is 272 g/mol. The van der Waals surface area contributed by atoms with E-state index in [9.17, 15) is 10.1 Å². The molecule has 1 N–H and O–H groups in total. The van der Waals surface area contributed by atoms with Gasteiger partial charge in [0, 0.05) is 12.3 Å². The monoisotopic (exact) mass is 272 g/mol. The molecule has 0 aliphatic carbocycles. The van der Waals surface area contributed by atoms with Crippen LogP contribution in [0.5, 0.6) is 0 Å². The summed E-state index contributed by atoms with van der Waals surface area (Å²) < 4.78 is 0. The molecule has 0 radical (unpaired) electrons. The highest BCUT2D eigenvalue weighted by molar-refractivity contribution is 8.03. The summed E-state index contributed by atoms with van der Waals surface area (Å²) in [6.07, 6.45) is 0.349. The van der Waals surface area contributed by atoms with E-state index >= 15 is 0 Å². The van der Waals surface area contributed by atoms with E-state index in [4.69, 9.17) is 0 Å². The van der Waals surface area contributed by atoms with Crippen molar-refractivity contribution in [3.8, 4) is 6.07 Å². The van der Waals surface area contributed by atoms with Gasteiger partial charge in [-0.15, -0.1) is 11.8 Å². The van der Waals surface area contributed by atoms with Crippen molar-refractivity contribution in [2.75, 3.05) is 5.75 Å². The van der Waals surface area contributed by atoms with Crippen LogP contribution >= 0.6 is 11.8 Å². The van der Waals surface area contributed by atoms with Crippen LogP contribution in [0, 0.1) is 18.3 Å². The molecule has 1 amide bonds. The van der Waals surface area contributed by atoms with E-state index < -0.39 is 0 Å². The fraction of sp³-hybridized carbons (Fsp3) is 0.333. The van der Waals surface area contributed by atoms with Crippen molar-refractivity contribution in [3.05, 3.63) is 46.0 Å². The summed E-state index contributed by atoms with van der Waals surface area (Å²) in [5.74, 6) is 0.707. The predicted octanol–water partition coefficient (Wildman–Crippen LogP) is 3.09. The zero-order valence-electron chi connectivity index (χ0n) is 11.1. The minimum atomic E-state index is -0.117. The fourth-order valence-corrected chi connectivity index (χ4v) is 3.14. The standard InChI is InChI=1S/C15H16N2OS/c1-3-19-15-13(9-16)12(8-14(18)17-15)11-7-5-4-6-10(11)2/h4-7,12H,3,8H2,1-2H3,(H,17,18)/t12-/m1/s1. The first kappa shape index (κ1) is 13.7. The molecule has 0 fully saturated rings. The third-order valence-corrected chi connectivity index (χ3v) is 4.11. The number of nitriles is 1. The van der Waals surface area contributed by atoms with Crippen LogP contribution in [-0.4, -0.2) is 11.7 Å². The molecule has 0 spiro atoms. The molecule has 1 aliphatic heterocycles. The predicted molar refractivity (Wildman–Crippen MR) is 77.5 cm³/mol. The fourth-order valence-electron chi connectivity index (χ4n) is 2.32. The van der Waals surface area contributed by atoms with Crippen LogP contribution < -0.4 is 5.32 Å². The Balaban J connectivity index is 2.49. The van der Waals surface area contributed by atoms with Crippen molar-refractivity contribution in [1.29, 1.82) is 5.26 Å². The molecular formula is C15H16N2OS. The summed E-state index contributed by atoms with van der Waals surface area (Å²) in [6.45, 7) is 4.03. The van der Waals surface area contributed by atoms with Gasteiger partial charge in [0.1, 0.15) is 0 Å². The Kier molecular flexibility index (Phi) is 4.28. The van der Waals surface area contributed by atoms with Gasteiger partial charge in [0.05, 0.1) is 16.7 Å². The van der Waals surface area contributed by atoms with E-state index in [1.807, 2.05) is 38.1 Å². The number of carbonyl (C=O) groups is 1. The molecular weight excluding hydrogens is 256 g/mol. The Morgan fingerprint density at radius 2 is 2.21 bits per heavy atom. The number of amides is 1. The number of hydrogen-bond acceptors (Lipinski definition) is 3. The van der Waals surface area contributed by atoms with Gasteiger partial charge in [-0.05, 0) is 23.8 Å². The molecule has 0 unspecified atom stereocenters. The van der Waals surface area contributed by atoms with Crippen molar-refractivity contribution in [1.82, 2.24) is 5.32 Å². The van der Waals surface area contributed by atoms with E-state index in [0.717, 1.165) is 21.9 Å². The molecule has 3 nitrogen and oxygen atoms in total. The maximum atomic E-state index is 11.8. The Bertz CT molecular complexity index is 572. The first-order valence-electron chi connectivity index (χ1n) is 6.29. The molecule has 1 aromatic rings. The van der Waals surface area contributed by atoms with Crippen LogP contribution in [0.25, 0.3) is 0 Å². The second-order valence-electron chi connectivity index (χ2n) is 4.45. The number of thioether (sulfide) groups is 1. The van der Waals surface area contributed by atoms with Crippen LogP contribution in [0.4, 0.5) is 0 Å². The quantitative estimate of drug-likeness (QED) is 0.920. The molecule has 1 aromatic carbocycles. The highest BCUT2D eigenvalue weighted by Crippen LogP contribution is 2.36. The average Bonchev–Trinajstić information content (AvgIpc) is 2.39. The molecule has 2 rings (SSSR count). The lowest BCUT2D eigenvalue weighted by Gasteiger charge is -2.25. The van der Waals surface area contributed by atoms with Crippen molar-refractivity contribution >= 4 is 17.7 Å². The minimum Gasteiger partial charge on any atom is -0.320 e. The van der Waals surface area contributed by atoms with Crippen LogP contribution in [0.1, 0.15) is 30.4 Å². The Morgan fingerprint density at radius 1 is 1.47 bits per heavy atom. The van der Waals surface area contributed by atoms with Crippen LogP contribution in [0.2, 0.25) is 0 Å². The van der Waals surface area contributed by atoms with Crippen molar-refractivity contribution in [2.45, 2.75) is 26.2 Å². The van der Waals surface area contributed by atoms with Crippen LogP contribution in [0.3, 0.4) is 0 Å². The van der Waals surface area contributed by atoms with Gasteiger partial charge < -0.3 is 5.32 Å². The number of aryl methyl sites for hydroxylation is 1. The summed E-state index contributed by atoms with van der Waals surface area (Å²) >= 11 is 1.52. The van der Waals surface area contributed by atoms with Gasteiger partial charge in [-0.3, -0.25) is 4.79 Å². The lowest BCUT2D eigenvalue weighted by molar-refractivity contribution is -0.120.